The average Bonchev–Trinajstić information content (AvgIpc) is 2.40. The van der Waals surface area contributed by atoms with Gasteiger partial charge in [0.1, 0.15) is 0 Å². The van der Waals surface area contributed by atoms with Crippen molar-refractivity contribution in [2.45, 2.75) is 26.7 Å². The quantitative estimate of drug-likeness (QED) is 0.747. The molecule has 1 aliphatic carbocycles. The Hall–Kier alpha value is -0.610. The average molecular weight is 233 g/mol. The molecule has 0 saturated carbocycles. The number of nitrogens with zero attached hydrogens (tertiary/aromatic N) is 1. The molecule has 0 bridgehead atoms. The van der Waals surface area contributed by atoms with E-state index in [2.05, 4.69) is 4.98 Å². The Kier molecular flexibility index (Phi) is 2.88. The maximum Gasteiger partial charge on any atom is 0.180 e. The Morgan fingerprint density at radius 2 is 2.14 bits per heavy atom. The molecule has 0 fully saturated rings. The zero-order chi connectivity index (χ0) is 9.64. The molecule has 0 radical (unpaired) electrons. The SMILES string of the molecule is CC1(C)CCc2nc(N)sc2C1=O.Cl. The highest BCUT2D eigenvalue weighted by Gasteiger charge is 2.36. The van der Waals surface area contributed by atoms with Crippen LogP contribution in [0.3, 0.4) is 0 Å². The van der Waals surface area contributed by atoms with Gasteiger partial charge in [-0.1, -0.05) is 25.2 Å². The molecule has 2 N–H and O–H groups in total. The molecule has 0 atom stereocenters. The van der Waals surface area contributed by atoms with E-state index in [0.29, 0.717) is 5.13 Å². The number of ketones is 1. The van der Waals surface area contributed by atoms with Crippen LogP contribution in [0.4, 0.5) is 5.13 Å². The lowest BCUT2D eigenvalue weighted by atomic mass is 9.78. The molecule has 78 valence electrons. The highest BCUT2D eigenvalue weighted by molar-refractivity contribution is 7.17. The number of aromatic nitrogens is 1. The van der Waals surface area contributed by atoms with E-state index >= 15 is 0 Å². The number of thiazole rings is 1. The van der Waals surface area contributed by atoms with E-state index in [0.717, 1.165) is 23.4 Å². The molecule has 1 heterocycles. The zero-order valence-corrected chi connectivity index (χ0v) is 9.80. The van der Waals surface area contributed by atoms with Crippen LogP contribution in [0.25, 0.3) is 0 Å². The fourth-order valence-electron chi connectivity index (χ4n) is 1.57. The second-order valence-electron chi connectivity index (χ2n) is 4.04. The van der Waals surface area contributed by atoms with E-state index in [4.69, 9.17) is 5.73 Å². The summed E-state index contributed by atoms with van der Waals surface area (Å²) in [4.78, 5) is 16.8. The minimum Gasteiger partial charge on any atom is -0.375 e. The minimum atomic E-state index is -0.230. The Labute approximate surface area is 93.1 Å². The molecule has 0 spiro atoms. The predicted octanol–water partition coefficient (Wildman–Crippen LogP) is 2.30. The van der Waals surface area contributed by atoms with Gasteiger partial charge < -0.3 is 5.73 Å². The Bertz CT molecular complexity index is 373. The van der Waals surface area contributed by atoms with Crippen LogP contribution in [0.15, 0.2) is 0 Å². The van der Waals surface area contributed by atoms with Crippen molar-refractivity contribution in [3.63, 3.8) is 0 Å². The van der Waals surface area contributed by atoms with Gasteiger partial charge in [0.25, 0.3) is 0 Å². The summed E-state index contributed by atoms with van der Waals surface area (Å²) in [6.07, 6.45) is 1.75. The summed E-state index contributed by atoms with van der Waals surface area (Å²) < 4.78 is 0. The number of anilines is 1. The first-order valence-electron chi connectivity index (χ1n) is 4.31. The molecule has 2 rings (SSSR count). The summed E-state index contributed by atoms with van der Waals surface area (Å²) in [5.41, 5.74) is 6.23. The lowest BCUT2D eigenvalue weighted by Crippen LogP contribution is -2.29. The summed E-state index contributed by atoms with van der Waals surface area (Å²) in [6.45, 7) is 3.96. The zero-order valence-electron chi connectivity index (χ0n) is 8.16. The smallest absolute Gasteiger partial charge is 0.180 e. The molecule has 1 aromatic rings. The van der Waals surface area contributed by atoms with Gasteiger partial charge in [0.15, 0.2) is 10.9 Å². The van der Waals surface area contributed by atoms with Crippen LogP contribution in [-0.4, -0.2) is 10.8 Å². The maximum absolute atomic E-state index is 11.9. The molecular formula is C9H13ClN2OS. The lowest BCUT2D eigenvalue weighted by molar-refractivity contribution is 0.0815. The molecule has 5 heteroatoms. The molecule has 0 amide bonds. The largest absolute Gasteiger partial charge is 0.375 e. The van der Waals surface area contributed by atoms with Crippen molar-refractivity contribution in [1.82, 2.24) is 4.98 Å². The summed E-state index contributed by atoms with van der Waals surface area (Å²) in [5, 5.41) is 0.510. The van der Waals surface area contributed by atoms with E-state index in [1.807, 2.05) is 13.8 Å². The molecule has 14 heavy (non-hydrogen) atoms. The second-order valence-corrected chi connectivity index (χ2v) is 5.07. The van der Waals surface area contributed by atoms with Crippen LogP contribution in [0.1, 0.15) is 35.6 Å². The standard InChI is InChI=1S/C9H12N2OS.ClH/c1-9(2)4-3-5-6(7(9)12)13-8(10)11-5;/h3-4H2,1-2H3,(H2,10,11);1H. The van der Waals surface area contributed by atoms with Crippen LogP contribution in [-0.2, 0) is 6.42 Å². The van der Waals surface area contributed by atoms with E-state index in [1.165, 1.54) is 11.3 Å². The number of nitrogen functional groups attached to an aromatic ring is 1. The van der Waals surface area contributed by atoms with Crippen molar-refractivity contribution in [2.24, 2.45) is 5.41 Å². The third-order valence-corrected chi connectivity index (χ3v) is 3.45. The van der Waals surface area contributed by atoms with Gasteiger partial charge in [-0.25, -0.2) is 4.98 Å². The summed E-state index contributed by atoms with van der Waals surface area (Å²) >= 11 is 1.32. The van der Waals surface area contributed by atoms with E-state index in [1.54, 1.807) is 0 Å². The molecule has 0 saturated heterocycles. The van der Waals surface area contributed by atoms with Crippen LogP contribution in [0, 0.1) is 5.41 Å². The van der Waals surface area contributed by atoms with Crippen molar-refractivity contribution < 1.29 is 4.79 Å². The Morgan fingerprint density at radius 1 is 1.50 bits per heavy atom. The second kappa shape index (κ2) is 3.51. The molecule has 3 nitrogen and oxygen atoms in total. The number of Topliss-reactive ketones (excluding diaryl/α,β-unsaturated/α-hetero) is 1. The fourth-order valence-corrected chi connectivity index (χ4v) is 2.57. The van der Waals surface area contributed by atoms with Crippen LogP contribution < -0.4 is 5.73 Å². The topological polar surface area (TPSA) is 56.0 Å². The number of fused-ring (bicyclic) bond motifs is 1. The number of halogens is 1. The van der Waals surface area contributed by atoms with Gasteiger partial charge in [-0.05, 0) is 12.8 Å². The van der Waals surface area contributed by atoms with Crippen molar-refractivity contribution in [3.8, 4) is 0 Å². The summed E-state index contributed by atoms with van der Waals surface area (Å²) in [6, 6.07) is 0. The normalized spacial score (nSPS) is 18.6. The minimum absolute atomic E-state index is 0. The molecule has 0 unspecified atom stereocenters. The lowest BCUT2D eigenvalue weighted by Gasteiger charge is -2.26. The van der Waals surface area contributed by atoms with Gasteiger partial charge in [0, 0.05) is 5.41 Å². The molecular weight excluding hydrogens is 220 g/mol. The number of nitrogens with two attached hydrogens (primary N) is 1. The van der Waals surface area contributed by atoms with Crippen LogP contribution in [0.2, 0.25) is 0 Å². The van der Waals surface area contributed by atoms with Gasteiger partial charge >= 0.3 is 0 Å². The van der Waals surface area contributed by atoms with E-state index in [-0.39, 0.29) is 23.6 Å². The summed E-state index contributed by atoms with van der Waals surface area (Å²) in [7, 11) is 0. The first-order valence-corrected chi connectivity index (χ1v) is 5.12. The molecule has 1 aliphatic rings. The van der Waals surface area contributed by atoms with Gasteiger partial charge in [-0.2, -0.15) is 0 Å². The van der Waals surface area contributed by atoms with E-state index < -0.39 is 0 Å². The third-order valence-electron chi connectivity index (χ3n) is 2.52. The highest BCUT2D eigenvalue weighted by Crippen LogP contribution is 2.37. The number of rotatable bonds is 0. The van der Waals surface area contributed by atoms with Crippen molar-refractivity contribution >= 4 is 34.7 Å². The maximum atomic E-state index is 11.9. The van der Waals surface area contributed by atoms with Gasteiger partial charge in [0.2, 0.25) is 0 Å². The number of hydrogen-bond donors (Lipinski definition) is 1. The van der Waals surface area contributed by atoms with Gasteiger partial charge in [0.05, 0.1) is 10.6 Å². The Balaban J connectivity index is 0.000000980. The van der Waals surface area contributed by atoms with Crippen molar-refractivity contribution in [1.29, 1.82) is 0 Å². The molecule has 0 aliphatic heterocycles. The number of carbonyl (C=O) groups is 1. The van der Waals surface area contributed by atoms with Gasteiger partial charge in [-0.15, -0.1) is 12.4 Å². The first-order chi connectivity index (χ1) is 6.00. The first kappa shape index (κ1) is 11.5. The summed E-state index contributed by atoms with van der Waals surface area (Å²) in [5.74, 6) is 0.197. The van der Waals surface area contributed by atoms with Crippen LogP contribution >= 0.6 is 23.7 Å². The third kappa shape index (κ3) is 1.64. The Morgan fingerprint density at radius 3 is 2.79 bits per heavy atom. The predicted molar refractivity (Wildman–Crippen MR) is 60.2 cm³/mol. The van der Waals surface area contributed by atoms with Crippen molar-refractivity contribution in [2.75, 3.05) is 5.73 Å². The monoisotopic (exact) mass is 232 g/mol. The fraction of sp³-hybridized carbons (Fsp3) is 0.556. The van der Waals surface area contributed by atoms with Crippen LogP contribution in [0.5, 0.6) is 0 Å². The van der Waals surface area contributed by atoms with Gasteiger partial charge in [-0.3, -0.25) is 4.79 Å². The van der Waals surface area contributed by atoms with Crippen molar-refractivity contribution in [3.05, 3.63) is 10.6 Å². The number of carbonyl (C=O) groups excluding carboxylic acids is 1. The highest BCUT2D eigenvalue weighted by atomic mass is 35.5. The molecule has 0 aromatic carbocycles. The molecule has 1 aromatic heterocycles. The number of hydrogen-bond acceptors (Lipinski definition) is 4. The van der Waals surface area contributed by atoms with E-state index in [9.17, 15) is 4.79 Å². The number of aryl methyl sites for hydroxylation is 1.